The van der Waals surface area contributed by atoms with Gasteiger partial charge in [0.05, 0.1) is 5.41 Å². The molecule has 6 nitrogen and oxygen atoms in total. The van der Waals surface area contributed by atoms with Gasteiger partial charge in [-0.1, -0.05) is 6.58 Å². The summed E-state index contributed by atoms with van der Waals surface area (Å²) in [5, 5.41) is 0. The van der Waals surface area contributed by atoms with E-state index in [9.17, 15) is 40.7 Å². The van der Waals surface area contributed by atoms with Crippen molar-refractivity contribution in [3.8, 4) is 0 Å². The minimum absolute atomic E-state index is 0.0427. The molecule has 1 heterocycles. The zero-order valence-electron chi connectivity index (χ0n) is 15.6. The number of rotatable bonds is 6. The van der Waals surface area contributed by atoms with Crippen molar-refractivity contribution in [3.63, 3.8) is 0 Å². The number of esters is 3. The first kappa shape index (κ1) is 22.4. The molecule has 1 aliphatic heterocycles. The summed E-state index contributed by atoms with van der Waals surface area (Å²) < 4.78 is 93.0. The fraction of sp³-hybridized carbons (Fsp3) is 0.722. The second-order valence-corrected chi connectivity index (χ2v) is 7.98. The van der Waals surface area contributed by atoms with E-state index in [1.807, 2.05) is 0 Å². The molecule has 2 bridgehead atoms. The molecule has 12 heteroatoms. The third kappa shape index (κ3) is 3.76. The second kappa shape index (κ2) is 7.16. The third-order valence-electron chi connectivity index (χ3n) is 6.02. The highest BCUT2D eigenvalue weighted by molar-refractivity contribution is 5.88. The van der Waals surface area contributed by atoms with E-state index in [1.54, 1.807) is 0 Å². The van der Waals surface area contributed by atoms with E-state index in [0.29, 0.717) is 0 Å². The summed E-state index contributed by atoms with van der Waals surface area (Å²) in [5.74, 6) is -8.15. The van der Waals surface area contributed by atoms with Crippen LogP contribution < -0.4 is 0 Å². The first-order valence-electron chi connectivity index (χ1n) is 9.03. The molecule has 30 heavy (non-hydrogen) atoms. The summed E-state index contributed by atoms with van der Waals surface area (Å²) >= 11 is 0. The van der Waals surface area contributed by atoms with Gasteiger partial charge in [0.15, 0.2) is 12.5 Å². The molecule has 5 atom stereocenters. The van der Waals surface area contributed by atoms with Gasteiger partial charge in [0.2, 0.25) is 0 Å². The molecule has 5 unspecified atom stereocenters. The van der Waals surface area contributed by atoms with Crippen molar-refractivity contribution in [3.05, 3.63) is 12.2 Å². The number of ether oxygens (including phenoxy) is 3. The first-order valence-corrected chi connectivity index (χ1v) is 9.03. The van der Waals surface area contributed by atoms with Gasteiger partial charge in [0, 0.05) is 17.4 Å². The quantitative estimate of drug-likeness (QED) is 0.271. The first-order chi connectivity index (χ1) is 13.7. The Labute approximate surface area is 166 Å². The minimum Gasteiger partial charge on any atom is -0.458 e. The van der Waals surface area contributed by atoms with Crippen LogP contribution in [0.25, 0.3) is 0 Å². The second-order valence-electron chi connectivity index (χ2n) is 7.98. The Balaban J connectivity index is 1.71. The molecule has 2 saturated carbocycles. The maximum absolute atomic E-state index is 13.0. The van der Waals surface area contributed by atoms with Crippen molar-refractivity contribution >= 4 is 17.9 Å². The number of carbonyl (C=O) groups is 3. The number of fused-ring (bicyclic) bond motifs is 1. The van der Waals surface area contributed by atoms with Crippen LogP contribution in [0.2, 0.25) is 0 Å². The number of hydrogen-bond acceptors (Lipinski definition) is 6. The summed E-state index contributed by atoms with van der Waals surface area (Å²) in [5.41, 5.74) is -1.87. The number of hydrogen-bond donors (Lipinski definition) is 0. The van der Waals surface area contributed by atoms with Crippen LogP contribution in [0.5, 0.6) is 0 Å². The highest BCUT2D eigenvalue weighted by Crippen LogP contribution is 2.66. The molecule has 0 amide bonds. The van der Waals surface area contributed by atoms with Gasteiger partial charge in [-0.2, -0.15) is 26.3 Å². The molecule has 0 spiro atoms. The normalized spacial score (nSPS) is 32.3. The van der Waals surface area contributed by atoms with Gasteiger partial charge in [0.1, 0.15) is 12.2 Å². The molecule has 0 aromatic carbocycles. The molecule has 3 aliphatic rings. The zero-order chi connectivity index (χ0) is 22.6. The zero-order valence-corrected chi connectivity index (χ0v) is 15.6. The van der Waals surface area contributed by atoms with E-state index in [0.717, 1.165) is 0 Å². The Morgan fingerprint density at radius 3 is 2.37 bits per heavy atom. The van der Waals surface area contributed by atoms with Gasteiger partial charge in [-0.05, 0) is 26.2 Å². The lowest BCUT2D eigenvalue weighted by Gasteiger charge is -2.35. The monoisotopic (exact) mass is 444 g/mol. The predicted molar refractivity (Wildman–Crippen MR) is 84.4 cm³/mol. The fourth-order valence-corrected chi connectivity index (χ4v) is 4.77. The van der Waals surface area contributed by atoms with E-state index in [2.05, 4.69) is 11.3 Å². The maximum Gasteiger partial charge on any atom is 0.400 e. The molecule has 1 saturated heterocycles. The van der Waals surface area contributed by atoms with E-state index >= 15 is 0 Å². The standard InChI is InChI=1S/C18H18F6O6/c1-7(2)14(26)28-6-11(25)29-12-8-3-9-13(12)30-15(27)16(9,4-8)5-10(17(19,20)21)18(22,23)24/h8-10,12-13H,1,3-6H2,2H3. The Kier molecular flexibility index (Phi) is 5.35. The maximum atomic E-state index is 13.0. The number of carbonyl (C=O) groups excluding carboxylic acids is 3. The van der Waals surface area contributed by atoms with E-state index < -0.39 is 78.7 Å². The molecule has 3 fully saturated rings. The highest BCUT2D eigenvalue weighted by Gasteiger charge is 2.74. The van der Waals surface area contributed by atoms with Crippen LogP contribution in [0.1, 0.15) is 26.2 Å². The smallest absolute Gasteiger partial charge is 0.400 e. The van der Waals surface area contributed by atoms with Crippen LogP contribution >= 0.6 is 0 Å². The Morgan fingerprint density at radius 1 is 1.23 bits per heavy atom. The molecular weight excluding hydrogens is 426 g/mol. The number of halogens is 6. The van der Waals surface area contributed by atoms with Crippen LogP contribution in [-0.2, 0) is 28.6 Å². The van der Waals surface area contributed by atoms with Gasteiger partial charge in [-0.25, -0.2) is 9.59 Å². The average Bonchev–Trinajstić information content (AvgIpc) is 3.17. The minimum atomic E-state index is -5.56. The van der Waals surface area contributed by atoms with Crippen LogP contribution in [0.4, 0.5) is 26.3 Å². The van der Waals surface area contributed by atoms with Crippen molar-refractivity contribution in [2.45, 2.75) is 50.7 Å². The molecular formula is C18H18F6O6. The van der Waals surface area contributed by atoms with Gasteiger partial charge in [0.25, 0.3) is 0 Å². The van der Waals surface area contributed by atoms with Crippen molar-refractivity contribution in [2.75, 3.05) is 6.61 Å². The lowest BCUT2D eigenvalue weighted by atomic mass is 9.68. The van der Waals surface area contributed by atoms with Crippen molar-refractivity contribution in [1.82, 2.24) is 0 Å². The molecule has 0 radical (unpaired) electrons. The lowest BCUT2D eigenvalue weighted by Crippen LogP contribution is -2.46. The van der Waals surface area contributed by atoms with E-state index in [-0.39, 0.29) is 18.4 Å². The predicted octanol–water partition coefficient (Wildman–Crippen LogP) is 3.10. The van der Waals surface area contributed by atoms with Gasteiger partial charge in [-0.3, -0.25) is 4.79 Å². The van der Waals surface area contributed by atoms with Gasteiger partial charge in [-0.15, -0.1) is 0 Å². The van der Waals surface area contributed by atoms with E-state index in [1.165, 1.54) is 6.92 Å². The molecule has 3 rings (SSSR count). The lowest BCUT2D eigenvalue weighted by molar-refractivity contribution is -0.291. The molecule has 0 aromatic rings. The molecule has 0 N–H and O–H groups in total. The summed E-state index contributed by atoms with van der Waals surface area (Å²) in [6, 6.07) is 0. The summed E-state index contributed by atoms with van der Waals surface area (Å²) in [6.07, 6.45) is -14.9. The molecule has 168 valence electrons. The summed E-state index contributed by atoms with van der Waals surface area (Å²) in [7, 11) is 0. The van der Waals surface area contributed by atoms with Gasteiger partial charge >= 0.3 is 30.3 Å². The highest BCUT2D eigenvalue weighted by atomic mass is 19.4. The van der Waals surface area contributed by atoms with Crippen molar-refractivity contribution < 1.29 is 54.9 Å². The Morgan fingerprint density at radius 2 is 1.83 bits per heavy atom. The molecule has 0 aromatic heterocycles. The largest absolute Gasteiger partial charge is 0.458 e. The SMILES string of the molecule is C=C(C)C(=O)OCC(=O)OC1C2CC3C1OC(=O)C3(CC(C(F)(F)F)C(F)(F)F)C2. The van der Waals surface area contributed by atoms with Crippen LogP contribution in [-0.4, -0.2) is 49.1 Å². The van der Waals surface area contributed by atoms with E-state index in [4.69, 9.17) is 9.47 Å². The third-order valence-corrected chi connectivity index (χ3v) is 6.02. The number of alkyl halides is 6. The van der Waals surface area contributed by atoms with Crippen LogP contribution in [0, 0.1) is 23.2 Å². The summed E-state index contributed by atoms with van der Waals surface area (Å²) in [4.78, 5) is 35.6. The Bertz CT molecular complexity index is 760. The fourth-order valence-electron chi connectivity index (χ4n) is 4.77. The molecule has 2 aliphatic carbocycles. The van der Waals surface area contributed by atoms with Gasteiger partial charge < -0.3 is 14.2 Å². The average molecular weight is 444 g/mol. The summed E-state index contributed by atoms with van der Waals surface area (Å²) in [6.45, 7) is 3.93. The van der Waals surface area contributed by atoms with Crippen LogP contribution in [0.3, 0.4) is 0 Å². The topological polar surface area (TPSA) is 78.9 Å². The Hall–Kier alpha value is -2.27. The van der Waals surface area contributed by atoms with Crippen LogP contribution in [0.15, 0.2) is 12.2 Å². The van der Waals surface area contributed by atoms with Crippen molar-refractivity contribution in [2.24, 2.45) is 23.2 Å². The van der Waals surface area contributed by atoms with Crippen molar-refractivity contribution in [1.29, 1.82) is 0 Å².